The lowest BCUT2D eigenvalue weighted by atomic mass is 9.77. The van der Waals surface area contributed by atoms with E-state index in [1.165, 1.54) is 12.8 Å². The van der Waals surface area contributed by atoms with Crippen LogP contribution < -0.4 is 11.1 Å². The second-order valence-corrected chi connectivity index (χ2v) is 9.77. The summed E-state index contributed by atoms with van der Waals surface area (Å²) in [7, 11) is 0. The first-order valence-corrected chi connectivity index (χ1v) is 12.3. The fraction of sp³-hybridized carbons (Fsp3) is 0.462. The number of nitrogen functional groups attached to an aromatic ring is 1. The third kappa shape index (κ3) is 5.64. The first-order valence-electron chi connectivity index (χ1n) is 12.0. The summed E-state index contributed by atoms with van der Waals surface area (Å²) in [5, 5.41) is 24.0. The summed E-state index contributed by atoms with van der Waals surface area (Å²) in [6.45, 7) is 3.61. The predicted molar refractivity (Wildman–Crippen MR) is 135 cm³/mol. The summed E-state index contributed by atoms with van der Waals surface area (Å²) < 4.78 is 0. The van der Waals surface area contributed by atoms with Gasteiger partial charge >= 0.3 is 6.03 Å². The van der Waals surface area contributed by atoms with Crippen molar-refractivity contribution < 1.29 is 9.90 Å². The molecule has 0 bridgehead atoms. The van der Waals surface area contributed by atoms with Crippen molar-refractivity contribution in [2.45, 2.75) is 50.2 Å². The molecule has 1 saturated heterocycles. The molecule has 0 spiro atoms. The number of likely N-dealkylation sites (tertiary alicyclic amines) is 1. The molecule has 2 amide bonds. The number of nitrogens with one attached hydrogen (secondary N) is 1. The molecule has 4 N–H and O–H groups in total. The van der Waals surface area contributed by atoms with E-state index >= 15 is 0 Å². The number of hydrogen-bond donors (Lipinski definition) is 3. The molecule has 4 rings (SSSR count). The first kappa shape index (κ1) is 24.3. The molecule has 2 fully saturated rings. The number of carbonyl (C=O) groups is 1. The Bertz CT molecular complexity index is 1060. The number of nitriles is 1. The lowest BCUT2D eigenvalue weighted by Gasteiger charge is -2.41. The summed E-state index contributed by atoms with van der Waals surface area (Å²) in [6, 6.07) is 14.3. The molecule has 1 aliphatic carbocycles. The minimum atomic E-state index is -0.981. The van der Waals surface area contributed by atoms with Gasteiger partial charge in [-0.1, -0.05) is 23.7 Å². The number of halogens is 1. The Morgan fingerprint density at radius 1 is 1.24 bits per heavy atom. The Morgan fingerprint density at radius 3 is 2.65 bits per heavy atom. The van der Waals surface area contributed by atoms with Crippen molar-refractivity contribution in [1.82, 2.24) is 9.80 Å². The van der Waals surface area contributed by atoms with Crippen molar-refractivity contribution >= 4 is 29.0 Å². The molecular weight excluding hydrogens is 450 g/mol. The van der Waals surface area contributed by atoms with Crippen molar-refractivity contribution in [1.29, 1.82) is 5.26 Å². The number of carbonyl (C=O) groups excluding carboxylic acids is 1. The molecule has 2 aromatic carbocycles. The fourth-order valence-corrected chi connectivity index (χ4v) is 5.20. The summed E-state index contributed by atoms with van der Waals surface area (Å²) in [6.07, 6.45) is 4.84. The summed E-state index contributed by atoms with van der Waals surface area (Å²) in [5.74, 6) is 0. The van der Waals surface area contributed by atoms with Crippen LogP contribution in [-0.4, -0.2) is 53.2 Å². The average molecular weight is 482 g/mol. The normalized spacial score (nSPS) is 22.8. The van der Waals surface area contributed by atoms with E-state index in [1.807, 2.05) is 17.0 Å². The van der Waals surface area contributed by atoms with E-state index in [4.69, 9.17) is 17.3 Å². The molecule has 7 nitrogen and oxygen atoms in total. The predicted octanol–water partition coefficient (Wildman–Crippen LogP) is 4.55. The van der Waals surface area contributed by atoms with Crippen LogP contribution in [0.4, 0.5) is 16.2 Å². The van der Waals surface area contributed by atoms with Crippen LogP contribution in [0.15, 0.2) is 42.5 Å². The topological polar surface area (TPSA) is 106 Å². The monoisotopic (exact) mass is 481 g/mol. The summed E-state index contributed by atoms with van der Waals surface area (Å²) in [5.41, 5.74) is 7.28. The lowest BCUT2D eigenvalue weighted by Crippen LogP contribution is -2.49. The molecule has 0 radical (unpaired) electrons. The Kier molecular flexibility index (Phi) is 7.62. The number of anilines is 2. The lowest BCUT2D eigenvalue weighted by molar-refractivity contribution is -0.0198. The van der Waals surface area contributed by atoms with Gasteiger partial charge in [0.2, 0.25) is 0 Å². The molecule has 34 heavy (non-hydrogen) atoms. The quantitative estimate of drug-likeness (QED) is 0.525. The maximum Gasteiger partial charge on any atom is 0.322 e. The number of hydrogen-bond acceptors (Lipinski definition) is 5. The Labute approximate surface area is 206 Å². The number of aliphatic hydroxyl groups is 1. The standard InChI is InChI=1S/C26H32ClN5O2/c27-23-7-6-21(17-24(23)29)30-25(33)32(15-14-31-12-1-2-13-31)22-8-10-26(34,11-9-22)20-5-3-4-19(16-20)18-28/h3-7,16-17,22,34H,1-2,8-15,29H2,(H,30,33)/t22-,26-. The van der Waals surface area contributed by atoms with E-state index in [0.29, 0.717) is 54.2 Å². The number of rotatable bonds is 6. The Morgan fingerprint density at radius 2 is 1.97 bits per heavy atom. The maximum atomic E-state index is 13.4. The molecule has 2 aromatic rings. The van der Waals surface area contributed by atoms with Gasteiger partial charge in [-0.25, -0.2) is 4.79 Å². The highest BCUT2D eigenvalue weighted by Crippen LogP contribution is 2.39. The number of nitrogens with zero attached hydrogens (tertiary/aromatic N) is 3. The minimum absolute atomic E-state index is 0.0201. The van der Waals surface area contributed by atoms with Gasteiger partial charge in [0.15, 0.2) is 0 Å². The summed E-state index contributed by atoms with van der Waals surface area (Å²) >= 11 is 6.03. The molecule has 1 saturated carbocycles. The number of amides is 2. The van der Waals surface area contributed by atoms with Crippen molar-refractivity contribution in [3.63, 3.8) is 0 Å². The molecule has 0 aromatic heterocycles. The minimum Gasteiger partial charge on any atom is -0.397 e. The number of nitrogens with two attached hydrogens (primary N) is 1. The molecule has 2 aliphatic rings. The van der Waals surface area contributed by atoms with Gasteiger partial charge in [0.1, 0.15) is 0 Å². The van der Waals surface area contributed by atoms with Gasteiger partial charge in [0.25, 0.3) is 0 Å². The van der Waals surface area contributed by atoms with Crippen molar-refractivity contribution in [3.8, 4) is 6.07 Å². The van der Waals surface area contributed by atoms with Crippen LogP contribution in [0.1, 0.15) is 49.7 Å². The van der Waals surface area contributed by atoms with E-state index in [2.05, 4.69) is 16.3 Å². The number of urea groups is 1. The van der Waals surface area contributed by atoms with Crippen molar-refractivity contribution in [2.24, 2.45) is 0 Å². The Hall–Kier alpha value is -2.79. The van der Waals surface area contributed by atoms with E-state index in [-0.39, 0.29) is 12.1 Å². The van der Waals surface area contributed by atoms with E-state index in [0.717, 1.165) is 25.2 Å². The molecule has 8 heteroatoms. The first-order chi connectivity index (χ1) is 16.4. The highest BCUT2D eigenvalue weighted by Gasteiger charge is 2.38. The highest BCUT2D eigenvalue weighted by atomic mass is 35.5. The third-order valence-electron chi connectivity index (χ3n) is 7.12. The molecule has 1 aliphatic heterocycles. The number of benzene rings is 2. The third-order valence-corrected chi connectivity index (χ3v) is 7.46. The van der Waals surface area contributed by atoms with Gasteiger partial charge in [-0.15, -0.1) is 0 Å². The molecule has 0 unspecified atom stereocenters. The van der Waals surface area contributed by atoms with Gasteiger partial charge in [-0.2, -0.15) is 5.26 Å². The van der Waals surface area contributed by atoms with Gasteiger partial charge in [0, 0.05) is 24.8 Å². The van der Waals surface area contributed by atoms with Crippen LogP contribution in [0.3, 0.4) is 0 Å². The molecule has 1 heterocycles. The average Bonchev–Trinajstić information content (AvgIpc) is 3.36. The molecule has 180 valence electrons. The van der Waals surface area contributed by atoms with Gasteiger partial charge < -0.3 is 26.0 Å². The maximum absolute atomic E-state index is 13.4. The molecule has 0 atom stereocenters. The zero-order chi connectivity index (χ0) is 24.1. The van der Waals surface area contributed by atoms with E-state index < -0.39 is 5.60 Å². The van der Waals surface area contributed by atoms with Crippen LogP contribution in [0.2, 0.25) is 5.02 Å². The van der Waals surface area contributed by atoms with Crippen molar-refractivity contribution in [2.75, 3.05) is 37.2 Å². The fourth-order valence-electron chi connectivity index (χ4n) is 5.08. The van der Waals surface area contributed by atoms with Crippen LogP contribution in [0, 0.1) is 11.3 Å². The SMILES string of the molecule is N#Cc1cccc([C@]2(O)CC[C@H](N(CCN3CCCC3)C(=O)Nc3ccc(Cl)c(N)c3)CC2)c1. The largest absolute Gasteiger partial charge is 0.397 e. The van der Waals surface area contributed by atoms with Crippen LogP contribution >= 0.6 is 11.6 Å². The van der Waals surface area contributed by atoms with Crippen molar-refractivity contribution in [3.05, 3.63) is 58.6 Å². The second-order valence-electron chi connectivity index (χ2n) is 9.36. The van der Waals surface area contributed by atoms with Gasteiger partial charge in [-0.05, 0) is 87.5 Å². The zero-order valence-corrected chi connectivity index (χ0v) is 20.1. The smallest absolute Gasteiger partial charge is 0.322 e. The second kappa shape index (κ2) is 10.6. The van der Waals surface area contributed by atoms with Crippen LogP contribution in [0.25, 0.3) is 0 Å². The van der Waals surface area contributed by atoms with Crippen LogP contribution in [-0.2, 0) is 5.60 Å². The van der Waals surface area contributed by atoms with E-state index in [9.17, 15) is 15.2 Å². The highest BCUT2D eigenvalue weighted by molar-refractivity contribution is 6.33. The Balaban J connectivity index is 1.46. The molecular formula is C26H32ClN5O2. The van der Waals surface area contributed by atoms with Gasteiger partial charge in [-0.3, -0.25) is 0 Å². The zero-order valence-electron chi connectivity index (χ0n) is 19.3. The van der Waals surface area contributed by atoms with Crippen LogP contribution in [0.5, 0.6) is 0 Å². The van der Waals surface area contributed by atoms with E-state index in [1.54, 1.807) is 30.3 Å². The summed E-state index contributed by atoms with van der Waals surface area (Å²) in [4.78, 5) is 17.7. The van der Waals surface area contributed by atoms with Gasteiger partial charge in [0.05, 0.1) is 27.9 Å².